The van der Waals surface area contributed by atoms with Gasteiger partial charge in [0.1, 0.15) is 18.8 Å². The van der Waals surface area contributed by atoms with E-state index in [-0.39, 0.29) is 35.3 Å². The first kappa shape index (κ1) is 29.1. The van der Waals surface area contributed by atoms with E-state index < -0.39 is 0 Å². The van der Waals surface area contributed by atoms with E-state index in [9.17, 15) is 9.59 Å². The molecule has 0 fully saturated rings. The number of rotatable bonds is 17. The summed E-state index contributed by atoms with van der Waals surface area (Å²) in [5, 5.41) is 2.88. The summed E-state index contributed by atoms with van der Waals surface area (Å²) >= 11 is 0. The van der Waals surface area contributed by atoms with Gasteiger partial charge in [-0.2, -0.15) is 0 Å². The summed E-state index contributed by atoms with van der Waals surface area (Å²) in [4.78, 5) is 23.7. The first-order chi connectivity index (χ1) is 15.5. The maximum Gasteiger partial charge on any atom is 0.257 e. The second-order valence-electron chi connectivity index (χ2n) is 9.54. The molecular weight excluding hydrogens is 419 g/mol. The molecule has 0 aliphatic heterocycles. The van der Waals surface area contributed by atoms with Crippen LogP contribution in [0.15, 0.2) is 24.3 Å². The number of nitrogens with two attached hydrogens (primary N) is 1. The molecule has 8 heteroatoms. The van der Waals surface area contributed by atoms with Gasteiger partial charge in [0.15, 0.2) is 6.61 Å². The molecule has 0 aliphatic carbocycles. The van der Waals surface area contributed by atoms with Crippen molar-refractivity contribution in [3.63, 3.8) is 0 Å². The molecule has 0 spiro atoms. The average Bonchev–Trinajstić information content (AvgIpc) is 2.74. The lowest BCUT2D eigenvalue weighted by Gasteiger charge is -2.29. The Balaban J connectivity index is 2.30. The largest absolute Gasteiger partial charge is 0.484 e. The summed E-state index contributed by atoms with van der Waals surface area (Å²) in [5.41, 5.74) is 5.91. The van der Waals surface area contributed by atoms with Gasteiger partial charge < -0.3 is 30.1 Å². The van der Waals surface area contributed by atoms with Crippen molar-refractivity contribution in [1.82, 2.24) is 5.32 Å². The van der Waals surface area contributed by atoms with Crippen LogP contribution < -0.4 is 15.8 Å². The minimum absolute atomic E-state index is 0.0495. The Kier molecular flexibility index (Phi) is 12.7. The van der Waals surface area contributed by atoms with E-state index in [1.165, 1.54) is 0 Å². The van der Waals surface area contributed by atoms with Gasteiger partial charge in [0, 0.05) is 13.1 Å². The van der Waals surface area contributed by atoms with E-state index in [0.29, 0.717) is 44.9 Å². The Bertz CT molecular complexity index is 722. The molecular formula is C25H42BN2O5. The summed E-state index contributed by atoms with van der Waals surface area (Å²) in [5.74, 6) is 0.524. The normalized spacial score (nSPS) is 12.8. The summed E-state index contributed by atoms with van der Waals surface area (Å²) in [7, 11) is 1.92. The quantitative estimate of drug-likeness (QED) is 0.346. The Labute approximate surface area is 200 Å². The van der Waals surface area contributed by atoms with Crippen molar-refractivity contribution in [3.8, 4) is 5.75 Å². The number of ketones is 1. The highest BCUT2D eigenvalue weighted by atomic mass is 16.5. The molecule has 1 aromatic carbocycles. The standard InChI is InChI=1S/C25H42BN2O5/c1-19(29)22(26-6)17-20-7-9-21(10-8-20)31-18-23(30)28-14-11-24(2,3)32-15-12-25(4,5)33-16-13-27/h7-10,22H,11-18,27H2,1-6H3,(H,28,30). The third-order valence-corrected chi connectivity index (χ3v) is 5.53. The molecule has 1 unspecified atom stereocenters. The summed E-state index contributed by atoms with van der Waals surface area (Å²) < 4.78 is 17.3. The molecule has 0 aromatic heterocycles. The minimum Gasteiger partial charge on any atom is -0.484 e. The van der Waals surface area contributed by atoms with Crippen LogP contribution in [0, 0.1) is 0 Å². The van der Waals surface area contributed by atoms with Crippen LogP contribution in [0.5, 0.6) is 5.75 Å². The van der Waals surface area contributed by atoms with E-state index in [1.807, 2.05) is 66.1 Å². The smallest absolute Gasteiger partial charge is 0.257 e. The molecule has 33 heavy (non-hydrogen) atoms. The van der Waals surface area contributed by atoms with E-state index in [2.05, 4.69) is 5.32 Å². The second kappa shape index (κ2) is 14.4. The molecule has 1 amide bonds. The number of hydrogen-bond donors (Lipinski definition) is 2. The highest BCUT2D eigenvalue weighted by molar-refractivity contribution is 6.42. The van der Waals surface area contributed by atoms with Gasteiger partial charge >= 0.3 is 0 Å². The first-order valence-corrected chi connectivity index (χ1v) is 11.7. The molecule has 7 nitrogen and oxygen atoms in total. The van der Waals surface area contributed by atoms with E-state index in [1.54, 1.807) is 6.92 Å². The van der Waals surface area contributed by atoms with Gasteiger partial charge in [-0.15, -0.1) is 0 Å². The Hall–Kier alpha value is -1.90. The molecule has 0 saturated heterocycles. The van der Waals surface area contributed by atoms with Crippen molar-refractivity contribution in [2.45, 2.75) is 77.7 Å². The number of ether oxygens (including phenoxy) is 3. The summed E-state index contributed by atoms with van der Waals surface area (Å²) in [6.07, 6.45) is 2.12. The van der Waals surface area contributed by atoms with Gasteiger partial charge in [0.05, 0.1) is 24.4 Å². The second-order valence-corrected chi connectivity index (χ2v) is 9.54. The Morgan fingerprint density at radius 1 is 1.03 bits per heavy atom. The molecule has 0 heterocycles. The van der Waals surface area contributed by atoms with Crippen LogP contribution in [0.4, 0.5) is 0 Å². The van der Waals surface area contributed by atoms with Gasteiger partial charge in [-0.3, -0.25) is 4.79 Å². The number of nitrogens with one attached hydrogen (secondary N) is 1. The van der Waals surface area contributed by atoms with Crippen molar-refractivity contribution < 1.29 is 23.8 Å². The molecule has 1 aromatic rings. The molecule has 0 saturated carbocycles. The molecule has 185 valence electrons. The van der Waals surface area contributed by atoms with E-state index in [4.69, 9.17) is 19.9 Å². The van der Waals surface area contributed by atoms with Crippen LogP contribution in [0.3, 0.4) is 0 Å². The third kappa shape index (κ3) is 12.8. The maximum atomic E-state index is 12.1. The van der Waals surface area contributed by atoms with Gasteiger partial charge in [-0.25, -0.2) is 0 Å². The zero-order valence-corrected chi connectivity index (χ0v) is 21.2. The Morgan fingerprint density at radius 3 is 2.21 bits per heavy atom. The number of amides is 1. The third-order valence-electron chi connectivity index (χ3n) is 5.53. The summed E-state index contributed by atoms with van der Waals surface area (Å²) in [6, 6.07) is 7.50. The molecule has 0 aliphatic rings. The number of Topliss-reactive ketones (excluding diaryl/α,β-unsaturated/α-hetero) is 1. The predicted molar refractivity (Wildman–Crippen MR) is 133 cm³/mol. The van der Waals surface area contributed by atoms with Crippen LogP contribution in [-0.4, -0.2) is 63.1 Å². The lowest BCUT2D eigenvalue weighted by molar-refractivity contribution is -0.123. The predicted octanol–water partition coefficient (Wildman–Crippen LogP) is 3.18. The zero-order chi connectivity index (χ0) is 24.9. The van der Waals surface area contributed by atoms with Crippen molar-refractivity contribution in [1.29, 1.82) is 0 Å². The number of carbonyl (C=O) groups excluding carboxylic acids is 2. The van der Waals surface area contributed by atoms with Gasteiger partial charge in [-0.05, 0) is 77.4 Å². The van der Waals surface area contributed by atoms with Crippen LogP contribution in [-0.2, 0) is 25.5 Å². The van der Waals surface area contributed by atoms with Gasteiger partial charge in [-0.1, -0.05) is 19.0 Å². The van der Waals surface area contributed by atoms with Crippen molar-refractivity contribution >= 4 is 19.0 Å². The number of hydrogen-bond acceptors (Lipinski definition) is 6. The summed E-state index contributed by atoms with van der Waals surface area (Å²) in [6.45, 7) is 13.6. The van der Waals surface area contributed by atoms with Gasteiger partial charge in [0.2, 0.25) is 0 Å². The van der Waals surface area contributed by atoms with Crippen LogP contribution >= 0.6 is 0 Å². The lowest BCUT2D eigenvalue weighted by atomic mass is 9.63. The fourth-order valence-corrected chi connectivity index (χ4v) is 3.23. The van der Waals surface area contributed by atoms with E-state index >= 15 is 0 Å². The van der Waals surface area contributed by atoms with E-state index in [0.717, 1.165) is 12.0 Å². The molecule has 1 rings (SSSR count). The van der Waals surface area contributed by atoms with Crippen LogP contribution in [0.25, 0.3) is 0 Å². The van der Waals surface area contributed by atoms with Crippen molar-refractivity contribution in [3.05, 3.63) is 29.8 Å². The highest BCUT2D eigenvalue weighted by Gasteiger charge is 2.22. The fraction of sp³-hybridized carbons (Fsp3) is 0.680. The molecule has 0 bridgehead atoms. The van der Waals surface area contributed by atoms with Crippen LogP contribution in [0.1, 0.15) is 53.0 Å². The van der Waals surface area contributed by atoms with Crippen molar-refractivity contribution in [2.75, 3.05) is 32.9 Å². The SMILES string of the molecule is C[B]C(Cc1ccc(OCC(=O)NCCC(C)(C)OCCC(C)(C)OCCN)cc1)C(C)=O. The van der Waals surface area contributed by atoms with Crippen molar-refractivity contribution in [2.24, 2.45) is 5.73 Å². The number of carbonyl (C=O) groups is 2. The topological polar surface area (TPSA) is 99.9 Å². The number of benzene rings is 1. The minimum atomic E-state index is -0.360. The first-order valence-electron chi connectivity index (χ1n) is 11.7. The average molecular weight is 461 g/mol. The zero-order valence-electron chi connectivity index (χ0n) is 21.2. The molecule has 1 atom stereocenters. The molecule has 1 radical (unpaired) electrons. The maximum absolute atomic E-state index is 12.1. The highest BCUT2D eigenvalue weighted by Crippen LogP contribution is 2.20. The Morgan fingerprint density at radius 2 is 1.64 bits per heavy atom. The fourth-order valence-electron chi connectivity index (χ4n) is 3.23. The monoisotopic (exact) mass is 461 g/mol. The van der Waals surface area contributed by atoms with Gasteiger partial charge in [0.25, 0.3) is 5.91 Å². The lowest BCUT2D eigenvalue weighted by Crippen LogP contribution is -2.36. The molecule has 3 N–H and O–H groups in total. The van der Waals surface area contributed by atoms with Crippen LogP contribution in [0.2, 0.25) is 12.6 Å².